The minimum atomic E-state index is 0.794. The number of thiophene rings is 1. The van der Waals surface area contributed by atoms with Crippen molar-refractivity contribution >= 4 is 21.4 Å². The second kappa shape index (κ2) is 5.50. The molecule has 0 aliphatic heterocycles. The first-order valence-electron chi connectivity index (χ1n) is 6.46. The average molecular weight is 272 g/mol. The molecule has 1 aromatic carbocycles. The maximum Gasteiger partial charge on any atom is 0.0783 e. The predicted octanol–water partition coefficient (Wildman–Crippen LogP) is 2.98. The van der Waals surface area contributed by atoms with Gasteiger partial charge in [0.15, 0.2) is 0 Å². The van der Waals surface area contributed by atoms with Crippen molar-refractivity contribution in [2.24, 2.45) is 0 Å². The highest BCUT2D eigenvalue weighted by molar-refractivity contribution is 7.17. The molecule has 0 unspecified atom stereocenters. The van der Waals surface area contributed by atoms with E-state index in [0.29, 0.717) is 0 Å². The van der Waals surface area contributed by atoms with Crippen molar-refractivity contribution in [1.82, 2.24) is 20.3 Å². The van der Waals surface area contributed by atoms with E-state index in [-0.39, 0.29) is 0 Å². The summed E-state index contributed by atoms with van der Waals surface area (Å²) >= 11 is 1.76. The molecule has 4 nitrogen and oxygen atoms in total. The lowest BCUT2D eigenvalue weighted by atomic mass is 10.2. The Bertz CT molecular complexity index is 671. The van der Waals surface area contributed by atoms with Crippen molar-refractivity contribution in [2.45, 2.75) is 19.9 Å². The summed E-state index contributed by atoms with van der Waals surface area (Å²) in [7, 11) is 0. The van der Waals surface area contributed by atoms with Crippen LogP contribution in [-0.4, -0.2) is 21.5 Å². The van der Waals surface area contributed by atoms with E-state index in [1.165, 1.54) is 10.1 Å². The lowest BCUT2D eigenvalue weighted by molar-refractivity contribution is 0.641. The van der Waals surface area contributed by atoms with E-state index in [9.17, 15) is 0 Å². The Kier molecular flexibility index (Phi) is 3.57. The van der Waals surface area contributed by atoms with Crippen molar-refractivity contribution in [1.29, 1.82) is 0 Å². The Morgan fingerprint density at radius 3 is 3.16 bits per heavy atom. The molecule has 0 fully saturated rings. The van der Waals surface area contributed by atoms with Gasteiger partial charge in [0.1, 0.15) is 0 Å². The fourth-order valence-electron chi connectivity index (χ4n) is 2.07. The summed E-state index contributed by atoms with van der Waals surface area (Å²) in [4.78, 5) is 0. The number of rotatable bonds is 5. The highest BCUT2D eigenvalue weighted by Crippen LogP contribution is 2.23. The summed E-state index contributed by atoms with van der Waals surface area (Å²) in [6.07, 6.45) is 2.95. The van der Waals surface area contributed by atoms with Crippen molar-refractivity contribution in [2.75, 3.05) is 6.54 Å². The van der Waals surface area contributed by atoms with Gasteiger partial charge in [0.25, 0.3) is 0 Å². The molecule has 0 amide bonds. The van der Waals surface area contributed by atoms with Crippen molar-refractivity contribution in [3.63, 3.8) is 0 Å². The minimum absolute atomic E-state index is 0.794. The Hall–Kier alpha value is -1.72. The zero-order valence-electron chi connectivity index (χ0n) is 10.8. The molecule has 98 valence electrons. The third-order valence-electron chi connectivity index (χ3n) is 3.03. The van der Waals surface area contributed by atoms with Crippen LogP contribution >= 0.6 is 11.3 Å². The molecule has 1 N–H and O–H groups in total. The van der Waals surface area contributed by atoms with Gasteiger partial charge < -0.3 is 5.32 Å². The van der Waals surface area contributed by atoms with Crippen molar-refractivity contribution in [3.05, 3.63) is 41.5 Å². The van der Waals surface area contributed by atoms with E-state index in [1.54, 1.807) is 11.3 Å². The van der Waals surface area contributed by atoms with Crippen LogP contribution in [0.1, 0.15) is 19.0 Å². The first kappa shape index (κ1) is 12.3. The summed E-state index contributed by atoms with van der Waals surface area (Å²) in [5.41, 5.74) is 2.15. The third kappa shape index (κ3) is 2.52. The van der Waals surface area contributed by atoms with E-state index >= 15 is 0 Å². The predicted molar refractivity (Wildman–Crippen MR) is 78.7 cm³/mol. The van der Waals surface area contributed by atoms with Crippen LogP contribution in [0, 0.1) is 0 Å². The Morgan fingerprint density at radius 2 is 2.26 bits per heavy atom. The lowest BCUT2D eigenvalue weighted by Crippen LogP contribution is -2.16. The van der Waals surface area contributed by atoms with Crippen LogP contribution in [0.25, 0.3) is 15.8 Å². The molecule has 19 heavy (non-hydrogen) atoms. The number of hydrogen-bond donors (Lipinski definition) is 1. The molecule has 0 saturated carbocycles. The highest BCUT2D eigenvalue weighted by atomic mass is 32.1. The van der Waals surface area contributed by atoms with Gasteiger partial charge in [-0.25, -0.2) is 4.68 Å². The molecule has 0 aliphatic carbocycles. The van der Waals surface area contributed by atoms with Gasteiger partial charge in [-0.3, -0.25) is 0 Å². The van der Waals surface area contributed by atoms with E-state index in [4.69, 9.17) is 0 Å². The highest BCUT2D eigenvalue weighted by Gasteiger charge is 2.06. The maximum absolute atomic E-state index is 4.19. The quantitative estimate of drug-likeness (QED) is 0.726. The first-order chi connectivity index (χ1) is 9.38. The second-order valence-electron chi connectivity index (χ2n) is 4.46. The monoisotopic (exact) mass is 272 g/mol. The third-order valence-corrected chi connectivity index (χ3v) is 3.93. The zero-order chi connectivity index (χ0) is 13.1. The van der Waals surface area contributed by atoms with Crippen LogP contribution in [0.2, 0.25) is 0 Å². The molecule has 2 heterocycles. The summed E-state index contributed by atoms with van der Waals surface area (Å²) in [6, 6.07) is 8.52. The van der Waals surface area contributed by atoms with Gasteiger partial charge in [0, 0.05) is 11.2 Å². The number of nitrogens with zero attached hydrogens (tertiary/aromatic N) is 3. The fraction of sp³-hybridized carbons (Fsp3) is 0.286. The molecule has 0 atom stereocenters. The van der Waals surface area contributed by atoms with Crippen molar-refractivity contribution < 1.29 is 0 Å². The summed E-state index contributed by atoms with van der Waals surface area (Å²) < 4.78 is 3.20. The molecular formula is C14H16N4S. The van der Waals surface area contributed by atoms with Gasteiger partial charge in [-0.1, -0.05) is 12.1 Å². The molecule has 2 aromatic heterocycles. The standard InChI is InChI=1S/C14H16N4S/c1-2-6-15-9-13-10-16-17-18(13)12-3-4-14-11(8-12)5-7-19-14/h3-5,7-8,10,15H,2,6,9H2,1H3. The van der Waals surface area contributed by atoms with Gasteiger partial charge in [0.2, 0.25) is 0 Å². The smallest absolute Gasteiger partial charge is 0.0783 e. The van der Waals surface area contributed by atoms with Crippen LogP contribution in [0.3, 0.4) is 0 Å². The molecular weight excluding hydrogens is 256 g/mol. The molecule has 0 saturated heterocycles. The summed E-state index contributed by atoms with van der Waals surface area (Å²) in [6.45, 7) is 3.96. The zero-order valence-corrected chi connectivity index (χ0v) is 11.7. The van der Waals surface area contributed by atoms with Crippen LogP contribution in [0.5, 0.6) is 0 Å². The fourth-order valence-corrected chi connectivity index (χ4v) is 2.84. The normalized spacial score (nSPS) is 11.2. The summed E-state index contributed by atoms with van der Waals surface area (Å²) in [5, 5.41) is 15.0. The van der Waals surface area contributed by atoms with Gasteiger partial charge in [0.05, 0.1) is 17.6 Å². The van der Waals surface area contributed by atoms with Crippen LogP contribution in [0.15, 0.2) is 35.8 Å². The second-order valence-corrected chi connectivity index (χ2v) is 5.40. The number of fused-ring (bicyclic) bond motifs is 1. The Labute approximate surface area is 116 Å². The SMILES string of the molecule is CCCNCc1cnnn1-c1ccc2sccc2c1. The van der Waals surface area contributed by atoms with Gasteiger partial charge in [-0.05, 0) is 48.0 Å². The van der Waals surface area contributed by atoms with Crippen LogP contribution in [-0.2, 0) is 6.54 Å². The van der Waals surface area contributed by atoms with Crippen LogP contribution < -0.4 is 5.32 Å². The lowest BCUT2D eigenvalue weighted by Gasteiger charge is -2.07. The first-order valence-corrected chi connectivity index (χ1v) is 7.34. The summed E-state index contributed by atoms with van der Waals surface area (Å²) in [5.74, 6) is 0. The molecule has 5 heteroatoms. The van der Waals surface area contributed by atoms with E-state index in [1.807, 2.05) is 10.9 Å². The topological polar surface area (TPSA) is 42.7 Å². The number of aromatic nitrogens is 3. The molecule has 0 radical (unpaired) electrons. The van der Waals surface area contributed by atoms with E-state index in [0.717, 1.165) is 30.9 Å². The maximum atomic E-state index is 4.19. The van der Waals surface area contributed by atoms with E-state index in [2.05, 4.69) is 52.2 Å². The number of nitrogens with one attached hydrogen (secondary N) is 1. The number of hydrogen-bond acceptors (Lipinski definition) is 4. The van der Waals surface area contributed by atoms with Gasteiger partial charge in [-0.2, -0.15) is 0 Å². The molecule has 0 spiro atoms. The van der Waals surface area contributed by atoms with Crippen molar-refractivity contribution in [3.8, 4) is 5.69 Å². The molecule has 3 aromatic rings. The Morgan fingerprint density at radius 1 is 1.32 bits per heavy atom. The van der Waals surface area contributed by atoms with Gasteiger partial charge in [-0.15, -0.1) is 16.4 Å². The molecule has 0 bridgehead atoms. The largest absolute Gasteiger partial charge is 0.311 e. The van der Waals surface area contributed by atoms with E-state index < -0.39 is 0 Å². The molecule has 0 aliphatic rings. The number of benzene rings is 1. The molecule has 3 rings (SSSR count). The Balaban J connectivity index is 1.90. The van der Waals surface area contributed by atoms with Gasteiger partial charge >= 0.3 is 0 Å². The average Bonchev–Trinajstić information content (AvgIpc) is 3.06. The minimum Gasteiger partial charge on any atom is -0.311 e. The van der Waals surface area contributed by atoms with Crippen LogP contribution in [0.4, 0.5) is 0 Å².